The number of hydrogen-bond acceptors (Lipinski definition) is 5. The molecule has 0 aliphatic carbocycles. The molecule has 19 heavy (non-hydrogen) atoms. The van der Waals surface area contributed by atoms with Crippen LogP contribution >= 0.6 is 23.1 Å². The zero-order valence-corrected chi connectivity index (χ0v) is 12.0. The number of thioether (sulfide) groups is 1. The van der Waals surface area contributed by atoms with Crippen LogP contribution in [-0.2, 0) is 0 Å². The molecule has 1 aliphatic heterocycles. The highest BCUT2D eigenvalue weighted by Gasteiger charge is 2.15. The van der Waals surface area contributed by atoms with E-state index in [1.54, 1.807) is 23.1 Å². The van der Waals surface area contributed by atoms with Crippen LogP contribution in [0.25, 0.3) is 0 Å². The van der Waals surface area contributed by atoms with Crippen LogP contribution in [0.5, 0.6) is 11.5 Å². The van der Waals surface area contributed by atoms with E-state index in [2.05, 4.69) is 22.9 Å². The minimum atomic E-state index is 0.286. The van der Waals surface area contributed by atoms with Gasteiger partial charge in [0.15, 0.2) is 11.5 Å². The molecule has 0 saturated carbocycles. The zero-order chi connectivity index (χ0) is 13.1. The molecule has 1 aromatic heterocycles. The van der Waals surface area contributed by atoms with E-state index in [0.717, 1.165) is 16.4 Å². The van der Waals surface area contributed by atoms with Crippen LogP contribution in [0.3, 0.4) is 0 Å². The van der Waals surface area contributed by atoms with Crippen molar-refractivity contribution in [3.8, 4) is 11.5 Å². The van der Waals surface area contributed by atoms with Crippen molar-refractivity contribution in [1.29, 1.82) is 0 Å². The largest absolute Gasteiger partial charge is 0.486 e. The summed E-state index contributed by atoms with van der Waals surface area (Å²) in [5, 5.41) is 4.53. The van der Waals surface area contributed by atoms with Crippen molar-refractivity contribution in [1.82, 2.24) is 0 Å². The number of rotatable bonds is 4. The highest BCUT2D eigenvalue weighted by molar-refractivity contribution is 7.99. The second-order valence-electron chi connectivity index (χ2n) is 4.20. The van der Waals surface area contributed by atoms with Gasteiger partial charge in [-0.25, -0.2) is 0 Å². The van der Waals surface area contributed by atoms with Crippen LogP contribution in [0.15, 0.2) is 39.9 Å². The first-order chi connectivity index (χ1) is 9.36. The van der Waals surface area contributed by atoms with Gasteiger partial charge in [0.2, 0.25) is 0 Å². The number of benzene rings is 1. The summed E-state index contributed by atoms with van der Waals surface area (Å²) < 4.78 is 11.1. The molecule has 0 bridgehead atoms. The molecule has 0 amide bonds. The predicted octanol–water partition coefficient (Wildman–Crippen LogP) is 3.31. The number of ether oxygens (including phenoxy) is 2. The molecular weight excluding hydrogens is 278 g/mol. The quantitative estimate of drug-likeness (QED) is 0.878. The Kier molecular flexibility index (Phi) is 3.96. The van der Waals surface area contributed by atoms with Crippen LogP contribution in [0.1, 0.15) is 10.8 Å². The molecule has 0 spiro atoms. The maximum atomic E-state index is 5.88. The van der Waals surface area contributed by atoms with Gasteiger partial charge in [-0.2, -0.15) is 11.3 Å². The van der Waals surface area contributed by atoms with Crippen LogP contribution in [0, 0.1) is 0 Å². The second-order valence-corrected chi connectivity index (χ2v) is 6.26. The summed E-state index contributed by atoms with van der Waals surface area (Å²) in [5.74, 6) is 1.66. The van der Waals surface area contributed by atoms with Crippen LogP contribution < -0.4 is 15.2 Å². The van der Waals surface area contributed by atoms with Crippen molar-refractivity contribution in [2.75, 3.05) is 19.8 Å². The lowest BCUT2D eigenvalue weighted by Crippen LogP contribution is -2.15. The number of nitrogens with two attached hydrogens (primary N) is 1. The molecule has 0 saturated heterocycles. The molecule has 1 aromatic carbocycles. The van der Waals surface area contributed by atoms with Gasteiger partial charge in [-0.05, 0) is 40.6 Å². The molecule has 1 atom stereocenters. The van der Waals surface area contributed by atoms with Gasteiger partial charge < -0.3 is 15.2 Å². The Balaban J connectivity index is 1.79. The molecule has 100 valence electrons. The number of thiophene rings is 1. The molecule has 0 radical (unpaired) electrons. The number of fused-ring (bicyclic) bond motifs is 1. The topological polar surface area (TPSA) is 44.5 Å². The van der Waals surface area contributed by atoms with Crippen molar-refractivity contribution in [3.63, 3.8) is 0 Å². The van der Waals surface area contributed by atoms with E-state index in [9.17, 15) is 0 Å². The van der Waals surface area contributed by atoms with Crippen molar-refractivity contribution in [2.24, 2.45) is 5.73 Å². The third-order valence-corrected chi connectivity index (χ3v) is 4.90. The maximum Gasteiger partial charge on any atom is 0.162 e. The summed E-state index contributed by atoms with van der Waals surface area (Å²) in [5.41, 5.74) is 7.16. The van der Waals surface area contributed by atoms with Crippen LogP contribution in [0.2, 0.25) is 0 Å². The monoisotopic (exact) mass is 293 g/mol. The van der Waals surface area contributed by atoms with E-state index in [-0.39, 0.29) is 5.25 Å². The van der Waals surface area contributed by atoms with Gasteiger partial charge in [0.25, 0.3) is 0 Å². The smallest absolute Gasteiger partial charge is 0.162 e. The van der Waals surface area contributed by atoms with E-state index in [4.69, 9.17) is 15.2 Å². The Bertz CT molecular complexity index is 542. The Hall–Kier alpha value is -1.17. The molecule has 1 aliphatic rings. The Morgan fingerprint density at radius 2 is 2.05 bits per heavy atom. The van der Waals surface area contributed by atoms with Crippen molar-refractivity contribution in [2.45, 2.75) is 10.1 Å². The highest BCUT2D eigenvalue weighted by atomic mass is 32.2. The predicted molar refractivity (Wildman–Crippen MR) is 79.4 cm³/mol. The van der Waals surface area contributed by atoms with Crippen LogP contribution in [0.4, 0.5) is 0 Å². The summed E-state index contributed by atoms with van der Waals surface area (Å²) in [6.07, 6.45) is 0. The van der Waals surface area contributed by atoms with E-state index in [0.29, 0.717) is 19.8 Å². The fourth-order valence-corrected chi connectivity index (χ4v) is 3.80. The van der Waals surface area contributed by atoms with Gasteiger partial charge in [0.1, 0.15) is 13.2 Å². The van der Waals surface area contributed by atoms with E-state index >= 15 is 0 Å². The minimum Gasteiger partial charge on any atom is -0.486 e. The molecule has 2 heterocycles. The van der Waals surface area contributed by atoms with Gasteiger partial charge in [-0.3, -0.25) is 0 Å². The number of hydrogen-bond donors (Lipinski definition) is 1. The molecule has 3 rings (SSSR count). The summed E-state index contributed by atoms with van der Waals surface area (Å²) in [6.45, 7) is 1.86. The molecule has 1 unspecified atom stereocenters. The van der Waals surface area contributed by atoms with Crippen molar-refractivity contribution >= 4 is 23.1 Å². The summed E-state index contributed by atoms with van der Waals surface area (Å²) in [4.78, 5) is 1.16. The molecule has 2 N–H and O–H groups in total. The average molecular weight is 293 g/mol. The van der Waals surface area contributed by atoms with E-state index in [1.165, 1.54) is 5.56 Å². The average Bonchev–Trinajstić information content (AvgIpc) is 2.98. The molecule has 0 fully saturated rings. The second kappa shape index (κ2) is 5.86. The first kappa shape index (κ1) is 12.8. The maximum absolute atomic E-state index is 5.88. The lowest BCUT2D eigenvalue weighted by atomic mass is 10.2. The van der Waals surface area contributed by atoms with Gasteiger partial charge >= 0.3 is 0 Å². The zero-order valence-electron chi connectivity index (χ0n) is 10.4. The fraction of sp³-hybridized carbons (Fsp3) is 0.286. The summed E-state index contributed by atoms with van der Waals surface area (Å²) in [7, 11) is 0. The lowest BCUT2D eigenvalue weighted by molar-refractivity contribution is 0.171. The Labute approximate surface area is 120 Å². The van der Waals surface area contributed by atoms with Gasteiger partial charge in [0, 0.05) is 16.7 Å². The van der Waals surface area contributed by atoms with Crippen molar-refractivity contribution < 1.29 is 9.47 Å². The van der Waals surface area contributed by atoms with Gasteiger partial charge in [-0.1, -0.05) is 0 Å². The molecular formula is C14H15NO2S2. The van der Waals surface area contributed by atoms with Crippen molar-refractivity contribution in [3.05, 3.63) is 40.6 Å². The minimum absolute atomic E-state index is 0.286. The fourth-order valence-electron chi connectivity index (χ4n) is 1.97. The SMILES string of the molecule is NCC(Sc1ccc2c(c1)OCCO2)c1ccsc1. The molecule has 5 heteroatoms. The van der Waals surface area contributed by atoms with Crippen LogP contribution in [-0.4, -0.2) is 19.8 Å². The third-order valence-electron chi connectivity index (χ3n) is 2.92. The standard InChI is InChI=1S/C14H15NO2S2/c15-8-14(10-3-6-18-9-10)19-11-1-2-12-13(7-11)17-5-4-16-12/h1-3,6-7,9,14H,4-5,8,15H2. The Morgan fingerprint density at radius 1 is 1.21 bits per heavy atom. The molecule has 3 nitrogen and oxygen atoms in total. The third kappa shape index (κ3) is 2.88. The van der Waals surface area contributed by atoms with E-state index in [1.807, 2.05) is 12.1 Å². The highest BCUT2D eigenvalue weighted by Crippen LogP contribution is 2.40. The normalized spacial score (nSPS) is 15.2. The molecule has 2 aromatic rings. The lowest BCUT2D eigenvalue weighted by Gasteiger charge is -2.20. The summed E-state index contributed by atoms with van der Waals surface area (Å²) >= 11 is 3.47. The Morgan fingerprint density at radius 3 is 2.79 bits per heavy atom. The van der Waals surface area contributed by atoms with Gasteiger partial charge in [0.05, 0.1) is 0 Å². The first-order valence-electron chi connectivity index (χ1n) is 6.15. The van der Waals surface area contributed by atoms with Gasteiger partial charge in [-0.15, -0.1) is 11.8 Å². The summed E-state index contributed by atoms with van der Waals surface area (Å²) in [6, 6.07) is 8.20. The van der Waals surface area contributed by atoms with E-state index < -0.39 is 0 Å². The first-order valence-corrected chi connectivity index (χ1v) is 7.97.